The summed E-state index contributed by atoms with van der Waals surface area (Å²) in [4.78, 5) is 15.6. The van der Waals surface area contributed by atoms with Crippen molar-refractivity contribution in [2.45, 2.75) is 19.4 Å². The van der Waals surface area contributed by atoms with Gasteiger partial charge in [0.25, 0.3) is 5.91 Å². The van der Waals surface area contributed by atoms with Gasteiger partial charge in [-0.25, -0.2) is 0 Å². The first-order chi connectivity index (χ1) is 12.2. The molecule has 0 unspecified atom stereocenters. The lowest BCUT2D eigenvalue weighted by molar-refractivity contribution is 0.0955. The van der Waals surface area contributed by atoms with Gasteiger partial charge < -0.3 is 10.2 Å². The van der Waals surface area contributed by atoms with E-state index in [2.05, 4.69) is 28.4 Å². The molecular formula is C20H19ClN2OS. The Morgan fingerprint density at radius 3 is 2.60 bits per heavy atom. The fourth-order valence-electron chi connectivity index (χ4n) is 3.34. The van der Waals surface area contributed by atoms with Gasteiger partial charge in [-0.2, -0.15) is 0 Å². The number of halogens is 1. The number of rotatable bonds is 4. The van der Waals surface area contributed by atoms with Gasteiger partial charge in [0.1, 0.15) is 4.88 Å². The normalized spacial score (nSPS) is 14.2. The summed E-state index contributed by atoms with van der Waals surface area (Å²) in [5, 5.41) is 4.53. The number of amides is 1. The number of hydrogen-bond donors (Lipinski definition) is 1. The molecular weight excluding hydrogens is 352 g/mol. The van der Waals surface area contributed by atoms with Crippen LogP contribution in [0.25, 0.3) is 10.1 Å². The van der Waals surface area contributed by atoms with Crippen LogP contribution in [0.15, 0.2) is 48.5 Å². The number of carbonyl (C=O) groups excluding carboxylic acids is 1. The molecule has 25 heavy (non-hydrogen) atoms. The van der Waals surface area contributed by atoms with E-state index in [1.807, 2.05) is 30.3 Å². The van der Waals surface area contributed by atoms with E-state index in [1.54, 1.807) is 0 Å². The molecule has 1 aromatic heterocycles. The Labute approximate surface area is 156 Å². The van der Waals surface area contributed by atoms with Crippen molar-refractivity contribution >= 4 is 44.6 Å². The highest BCUT2D eigenvalue weighted by atomic mass is 35.5. The van der Waals surface area contributed by atoms with Crippen LogP contribution in [0.3, 0.4) is 0 Å². The molecule has 0 saturated carbocycles. The second-order valence-corrected chi connectivity index (χ2v) is 7.68. The first-order valence-electron chi connectivity index (χ1n) is 8.52. The van der Waals surface area contributed by atoms with Gasteiger partial charge in [-0.3, -0.25) is 4.79 Å². The van der Waals surface area contributed by atoms with Crippen molar-refractivity contribution in [3.05, 3.63) is 64.0 Å². The minimum absolute atomic E-state index is 0.109. The lowest BCUT2D eigenvalue weighted by atomic mass is 10.1. The molecule has 128 valence electrons. The number of benzene rings is 2. The predicted molar refractivity (Wildman–Crippen MR) is 106 cm³/mol. The van der Waals surface area contributed by atoms with Gasteiger partial charge in [0.15, 0.2) is 0 Å². The largest absolute Gasteiger partial charge is 0.371 e. The monoisotopic (exact) mass is 370 g/mol. The molecule has 0 aliphatic carbocycles. The molecule has 0 radical (unpaired) electrons. The number of anilines is 1. The quantitative estimate of drug-likeness (QED) is 0.694. The van der Waals surface area contributed by atoms with Gasteiger partial charge in [-0.05, 0) is 30.5 Å². The van der Waals surface area contributed by atoms with Crippen LogP contribution >= 0.6 is 22.9 Å². The summed E-state index contributed by atoms with van der Waals surface area (Å²) in [5.74, 6) is -0.109. The summed E-state index contributed by atoms with van der Waals surface area (Å²) in [5.41, 5.74) is 2.37. The molecule has 3 nitrogen and oxygen atoms in total. The van der Waals surface area contributed by atoms with E-state index in [-0.39, 0.29) is 5.91 Å². The van der Waals surface area contributed by atoms with Crippen molar-refractivity contribution in [2.75, 3.05) is 18.0 Å². The Hall–Kier alpha value is -2.04. The zero-order valence-electron chi connectivity index (χ0n) is 13.8. The van der Waals surface area contributed by atoms with Crippen molar-refractivity contribution in [1.29, 1.82) is 0 Å². The fourth-order valence-corrected chi connectivity index (χ4v) is 4.78. The standard InChI is InChI=1S/C20H19ClN2OS/c21-18-15-8-2-4-10-17(15)25-19(18)20(24)22-13-14-7-1-3-9-16(14)23-11-5-6-12-23/h1-4,7-10H,5-6,11-13H2,(H,22,24). The number of nitrogens with zero attached hydrogens (tertiary/aromatic N) is 1. The summed E-state index contributed by atoms with van der Waals surface area (Å²) < 4.78 is 1.04. The van der Waals surface area contributed by atoms with Crippen molar-refractivity contribution in [2.24, 2.45) is 0 Å². The molecule has 4 rings (SSSR count). The van der Waals surface area contributed by atoms with E-state index in [0.29, 0.717) is 16.4 Å². The zero-order chi connectivity index (χ0) is 17.2. The second-order valence-electron chi connectivity index (χ2n) is 6.25. The van der Waals surface area contributed by atoms with E-state index in [1.165, 1.54) is 29.9 Å². The third kappa shape index (κ3) is 3.24. The highest BCUT2D eigenvalue weighted by Crippen LogP contribution is 2.35. The number of nitrogens with one attached hydrogen (secondary N) is 1. The van der Waals surface area contributed by atoms with Crippen LogP contribution in [0.2, 0.25) is 5.02 Å². The smallest absolute Gasteiger partial charge is 0.263 e. The molecule has 5 heteroatoms. The van der Waals surface area contributed by atoms with Gasteiger partial charge in [0.05, 0.1) is 5.02 Å². The van der Waals surface area contributed by atoms with Crippen molar-refractivity contribution in [3.8, 4) is 0 Å². The van der Waals surface area contributed by atoms with Crippen LogP contribution in [-0.2, 0) is 6.54 Å². The summed E-state index contributed by atoms with van der Waals surface area (Å²) >= 11 is 7.85. The molecule has 1 fully saturated rings. The molecule has 0 spiro atoms. The minimum atomic E-state index is -0.109. The minimum Gasteiger partial charge on any atom is -0.371 e. The summed E-state index contributed by atoms with van der Waals surface area (Å²) in [6, 6.07) is 16.1. The van der Waals surface area contributed by atoms with Crippen LogP contribution in [0.4, 0.5) is 5.69 Å². The Morgan fingerprint density at radius 2 is 1.80 bits per heavy atom. The maximum Gasteiger partial charge on any atom is 0.263 e. The average molecular weight is 371 g/mol. The van der Waals surface area contributed by atoms with Crippen molar-refractivity contribution < 1.29 is 4.79 Å². The van der Waals surface area contributed by atoms with E-state index < -0.39 is 0 Å². The van der Waals surface area contributed by atoms with Gasteiger partial charge in [-0.15, -0.1) is 11.3 Å². The highest BCUT2D eigenvalue weighted by molar-refractivity contribution is 7.21. The van der Waals surface area contributed by atoms with E-state index in [0.717, 1.165) is 28.7 Å². The van der Waals surface area contributed by atoms with Gasteiger partial charge in [0.2, 0.25) is 0 Å². The third-order valence-corrected chi connectivity index (χ3v) is 6.29. The molecule has 2 aromatic carbocycles. The first-order valence-corrected chi connectivity index (χ1v) is 9.71. The van der Waals surface area contributed by atoms with Crippen LogP contribution in [0, 0.1) is 0 Å². The Bertz CT molecular complexity index is 915. The number of fused-ring (bicyclic) bond motifs is 1. The molecule has 1 N–H and O–H groups in total. The third-order valence-electron chi connectivity index (χ3n) is 4.62. The molecule has 1 aliphatic rings. The highest BCUT2D eigenvalue weighted by Gasteiger charge is 2.18. The molecule has 2 heterocycles. The number of thiophene rings is 1. The summed E-state index contributed by atoms with van der Waals surface area (Å²) in [6.45, 7) is 2.69. The molecule has 1 aliphatic heterocycles. The van der Waals surface area contributed by atoms with Gasteiger partial charge in [0, 0.05) is 35.4 Å². The number of hydrogen-bond acceptors (Lipinski definition) is 3. The lowest BCUT2D eigenvalue weighted by Crippen LogP contribution is -2.25. The Balaban J connectivity index is 1.53. The SMILES string of the molecule is O=C(NCc1ccccc1N1CCCC1)c1sc2ccccc2c1Cl. The Morgan fingerprint density at radius 1 is 1.08 bits per heavy atom. The summed E-state index contributed by atoms with van der Waals surface area (Å²) in [7, 11) is 0. The molecule has 1 amide bonds. The maximum absolute atomic E-state index is 12.6. The van der Waals surface area contributed by atoms with Gasteiger partial charge in [-0.1, -0.05) is 48.0 Å². The molecule has 3 aromatic rings. The van der Waals surface area contributed by atoms with E-state index in [9.17, 15) is 4.79 Å². The van der Waals surface area contributed by atoms with Gasteiger partial charge >= 0.3 is 0 Å². The lowest BCUT2D eigenvalue weighted by Gasteiger charge is -2.21. The zero-order valence-corrected chi connectivity index (χ0v) is 15.4. The fraction of sp³-hybridized carbons (Fsp3) is 0.250. The summed E-state index contributed by atoms with van der Waals surface area (Å²) in [6.07, 6.45) is 2.47. The van der Waals surface area contributed by atoms with Crippen LogP contribution in [0.1, 0.15) is 28.1 Å². The van der Waals surface area contributed by atoms with Crippen molar-refractivity contribution in [3.63, 3.8) is 0 Å². The average Bonchev–Trinajstić information content (AvgIpc) is 3.29. The molecule has 0 atom stereocenters. The molecule has 1 saturated heterocycles. The topological polar surface area (TPSA) is 32.3 Å². The first kappa shape index (κ1) is 16.4. The van der Waals surface area contributed by atoms with E-state index in [4.69, 9.17) is 11.6 Å². The maximum atomic E-state index is 12.6. The Kier molecular flexibility index (Phi) is 4.64. The predicted octanol–water partition coefficient (Wildman–Crippen LogP) is 5.08. The van der Waals surface area contributed by atoms with Crippen molar-refractivity contribution in [1.82, 2.24) is 5.32 Å². The van der Waals surface area contributed by atoms with Crippen LogP contribution in [-0.4, -0.2) is 19.0 Å². The van der Waals surface area contributed by atoms with E-state index >= 15 is 0 Å². The number of para-hydroxylation sites is 1. The van der Waals surface area contributed by atoms with Crippen LogP contribution < -0.4 is 10.2 Å². The van der Waals surface area contributed by atoms with Crippen LogP contribution in [0.5, 0.6) is 0 Å². The molecule has 0 bridgehead atoms. The second kappa shape index (κ2) is 7.06. The number of carbonyl (C=O) groups is 1.